The number of nitrogens with two attached hydrogens (primary N) is 1. The van der Waals surface area contributed by atoms with Crippen LogP contribution in [0.2, 0.25) is 0 Å². The first-order valence-electron chi connectivity index (χ1n) is 4.59. The highest BCUT2D eigenvalue weighted by atomic mass is 14.9. The van der Waals surface area contributed by atoms with Crippen LogP contribution in [-0.4, -0.2) is 15.0 Å². The lowest BCUT2D eigenvalue weighted by molar-refractivity contribution is 1.23. The van der Waals surface area contributed by atoms with E-state index in [0.717, 1.165) is 21.7 Å². The van der Waals surface area contributed by atoms with Crippen LogP contribution in [0.4, 0.5) is 5.82 Å². The molecule has 2 heterocycles. The summed E-state index contributed by atoms with van der Waals surface area (Å²) in [6, 6.07) is 5.89. The van der Waals surface area contributed by atoms with E-state index in [1.807, 2.05) is 18.2 Å². The molecule has 3 aromatic rings. The lowest BCUT2D eigenvalue weighted by Gasteiger charge is -2.03. The first-order chi connectivity index (χ1) is 7.36. The molecular weight excluding hydrogens is 188 g/mol. The molecule has 1 aromatic carbocycles. The molecule has 0 spiro atoms. The van der Waals surface area contributed by atoms with Gasteiger partial charge in [-0.25, -0.2) is 9.97 Å². The maximum Gasteiger partial charge on any atom is 0.135 e. The third kappa shape index (κ3) is 1.11. The van der Waals surface area contributed by atoms with Crippen LogP contribution in [0.5, 0.6) is 0 Å². The molecule has 3 rings (SSSR count). The number of rotatable bonds is 0. The van der Waals surface area contributed by atoms with Gasteiger partial charge in [0.1, 0.15) is 12.1 Å². The summed E-state index contributed by atoms with van der Waals surface area (Å²) in [7, 11) is 0. The van der Waals surface area contributed by atoms with Crippen molar-refractivity contribution < 1.29 is 0 Å². The predicted octanol–water partition coefficient (Wildman–Crippen LogP) is 1.76. The number of hydrogen-bond donors (Lipinski definition) is 1. The molecular formula is C11H8N4. The van der Waals surface area contributed by atoms with Crippen LogP contribution in [-0.2, 0) is 0 Å². The van der Waals surface area contributed by atoms with Gasteiger partial charge in [-0.1, -0.05) is 6.07 Å². The van der Waals surface area contributed by atoms with Crippen molar-refractivity contribution in [2.24, 2.45) is 0 Å². The summed E-state index contributed by atoms with van der Waals surface area (Å²) >= 11 is 0. The second-order valence-electron chi connectivity index (χ2n) is 3.32. The molecule has 2 N–H and O–H groups in total. The highest BCUT2D eigenvalue weighted by Crippen LogP contribution is 2.25. The molecule has 0 amide bonds. The Balaban J connectivity index is 2.64. The zero-order chi connectivity index (χ0) is 10.3. The molecule has 0 saturated heterocycles. The maximum absolute atomic E-state index is 5.84. The molecule has 0 saturated carbocycles. The van der Waals surface area contributed by atoms with E-state index in [0.29, 0.717) is 5.82 Å². The fraction of sp³-hybridized carbons (Fsp3) is 0. The Morgan fingerprint density at radius 1 is 1.07 bits per heavy atom. The fourth-order valence-corrected chi connectivity index (χ4v) is 1.74. The minimum Gasteiger partial charge on any atom is -0.383 e. The van der Waals surface area contributed by atoms with E-state index in [9.17, 15) is 0 Å². The Morgan fingerprint density at radius 3 is 2.93 bits per heavy atom. The van der Waals surface area contributed by atoms with Gasteiger partial charge in [-0.15, -0.1) is 0 Å². The summed E-state index contributed by atoms with van der Waals surface area (Å²) in [6.45, 7) is 0. The minimum atomic E-state index is 0.499. The van der Waals surface area contributed by atoms with Crippen molar-refractivity contribution in [1.29, 1.82) is 0 Å². The predicted molar refractivity (Wildman–Crippen MR) is 59.3 cm³/mol. The third-order valence-electron chi connectivity index (χ3n) is 2.45. The summed E-state index contributed by atoms with van der Waals surface area (Å²) < 4.78 is 0. The molecule has 4 heteroatoms. The highest BCUT2D eigenvalue weighted by molar-refractivity contribution is 6.10. The number of aromatic nitrogens is 3. The molecule has 0 unspecified atom stereocenters. The summed E-state index contributed by atoms with van der Waals surface area (Å²) in [5.74, 6) is 0.499. The van der Waals surface area contributed by atoms with Crippen molar-refractivity contribution in [2.45, 2.75) is 0 Å². The number of fused-ring (bicyclic) bond motifs is 3. The van der Waals surface area contributed by atoms with Gasteiger partial charge in [-0.3, -0.25) is 4.98 Å². The topological polar surface area (TPSA) is 64.7 Å². The summed E-state index contributed by atoms with van der Waals surface area (Å²) in [5, 5.41) is 2.97. The molecule has 2 aromatic heterocycles. The van der Waals surface area contributed by atoms with Gasteiger partial charge in [0.2, 0.25) is 0 Å². The molecule has 0 aliphatic carbocycles. The summed E-state index contributed by atoms with van der Waals surface area (Å²) in [5.41, 5.74) is 6.69. The SMILES string of the molecule is Nc1ncnc2ccc3ccncc3c12. The summed E-state index contributed by atoms with van der Waals surface area (Å²) in [4.78, 5) is 12.3. The number of anilines is 1. The van der Waals surface area contributed by atoms with Crippen molar-refractivity contribution in [3.05, 3.63) is 36.9 Å². The first-order valence-corrected chi connectivity index (χ1v) is 4.59. The largest absolute Gasteiger partial charge is 0.383 e. The molecule has 0 atom stereocenters. The van der Waals surface area contributed by atoms with Crippen molar-refractivity contribution in [1.82, 2.24) is 15.0 Å². The third-order valence-corrected chi connectivity index (χ3v) is 2.45. The van der Waals surface area contributed by atoms with E-state index < -0.39 is 0 Å². The Bertz CT molecular complexity index is 648. The Kier molecular flexibility index (Phi) is 1.56. The number of nitrogens with zero attached hydrogens (tertiary/aromatic N) is 3. The zero-order valence-corrected chi connectivity index (χ0v) is 7.88. The lowest BCUT2D eigenvalue weighted by Crippen LogP contribution is -1.93. The fourth-order valence-electron chi connectivity index (χ4n) is 1.74. The van der Waals surface area contributed by atoms with Crippen LogP contribution < -0.4 is 5.73 Å². The van der Waals surface area contributed by atoms with Crippen LogP contribution in [0.25, 0.3) is 21.7 Å². The second-order valence-corrected chi connectivity index (χ2v) is 3.32. The molecule has 0 fully saturated rings. The monoisotopic (exact) mass is 196 g/mol. The Hall–Kier alpha value is -2.23. The number of nitrogen functional groups attached to an aromatic ring is 1. The van der Waals surface area contributed by atoms with Crippen molar-refractivity contribution >= 4 is 27.5 Å². The number of hydrogen-bond acceptors (Lipinski definition) is 4. The maximum atomic E-state index is 5.84. The van der Waals surface area contributed by atoms with Gasteiger partial charge >= 0.3 is 0 Å². The lowest BCUT2D eigenvalue weighted by atomic mass is 10.1. The molecule has 0 radical (unpaired) electrons. The van der Waals surface area contributed by atoms with E-state index >= 15 is 0 Å². The van der Waals surface area contributed by atoms with Crippen LogP contribution in [0.1, 0.15) is 0 Å². The smallest absolute Gasteiger partial charge is 0.135 e. The zero-order valence-electron chi connectivity index (χ0n) is 7.88. The Labute approximate surface area is 85.8 Å². The van der Waals surface area contributed by atoms with E-state index in [2.05, 4.69) is 15.0 Å². The second kappa shape index (κ2) is 2.88. The molecule has 15 heavy (non-hydrogen) atoms. The average molecular weight is 196 g/mol. The Morgan fingerprint density at radius 2 is 2.00 bits per heavy atom. The van der Waals surface area contributed by atoms with Crippen molar-refractivity contribution in [3.8, 4) is 0 Å². The van der Waals surface area contributed by atoms with Crippen LogP contribution in [0.15, 0.2) is 36.9 Å². The normalized spacial score (nSPS) is 10.9. The summed E-state index contributed by atoms with van der Waals surface area (Å²) in [6.07, 6.45) is 5.02. The van der Waals surface area contributed by atoms with Crippen LogP contribution in [0.3, 0.4) is 0 Å². The molecule has 0 bridgehead atoms. The first kappa shape index (κ1) is 8.11. The van der Waals surface area contributed by atoms with Gasteiger partial charge in [0.15, 0.2) is 0 Å². The van der Waals surface area contributed by atoms with Crippen molar-refractivity contribution in [3.63, 3.8) is 0 Å². The van der Waals surface area contributed by atoms with Gasteiger partial charge in [0.05, 0.1) is 10.9 Å². The standard InChI is InChI=1S/C11H8N4/c12-11-10-8-5-13-4-3-7(8)1-2-9(10)14-6-15-11/h1-6H,(H2,12,14,15). The molecule has 4 nitrogen and oxygen atoms in total. The van der Waals surface area contributed by atoms with Crippen LogP contribution >= 0.6 is 0 Å². The van der Waals surface area contributed by atoms with E-state index in [1.54, 1.807) is 12.4 Å². The van der Waals surface area contributed by atoms with Gasteiger partial charge < -0.3 is 5.73 Å². The molecule has 72 valence electrons. The number of pyridine rings is 1. The van der Waals surface area contributed by atoms with Gasteiger partial charge in [0.25, 0.3) is 0 Å². The van der Waals surface area contributed by atoms with Crippen LogP contribution in [0, 0.1) is 0 Å². The van der Waals surface area contributed by atoms with Gasteiger partial charge in [-0.05, 0) is 17.5 Å². The molecule has 0 aliphatic heterocycles. The number of benzene rings is 1. The molecule has 0 aliphatic rings. The van der Waals surface area contributed by atoms with E-state index in [4.69, 9.17) is 5.73 Å². The highest BCUT2D eigenvalue weighted by Gasteiger charge is 2.04. The minimum absolute atomic E-state index is 0.499. The van der Waals surface area contributed by atoms with Gasteiger partial charge in [0, 0.05) is 17.8 Å². The average Bonchev–Trinajstić information content (AvgIpc) is 2.29. The van der Waals surface area contributed by atoms with Crippen molar-refractivity contribution in [2.75, 3.05) is 5.73 Å². The quantitative estimate of drug-likeness (QED) is 0.556. The van der Waals surface area contributed by atoms with E-state index in [1.165, 1.54) is 6.33 Å². The van der Waals surface area contributed by atoms with E-state index in [-0.39, 0.29) is 0 Å². The van der Waals surface area contributed by atoms with Gasteiger partial charge in [-0.2, -0.15) is 0 Å².